The Bertz CT molecular complexity index is 669. The van der Waals surface area contributed by atoms with Crippen LogP contribution in [0.15, 0.2) is 42.5 Å². The molecule has 0 aliphatic heterocycles. The van der Waals surface area contributed by atoms with Crippen LogP contribution in [0, 0.1) is 18.3 Å². The van der Waals surface area contributed by atoms with Gasteiger partial charge in [-0.15, -0.1) is 0 Å². The first kappa shape index (κ1) is 14.9. The fraction of sp³-hybridized carbons (Fsp3) is 0.188. The van der Waals surface area contributed by atoms with Crippen LogP contribution in [0.2, 0.25) is 0 Å². The van der Waals surface area contributed by atoms with E-state index in [0.29, 0.717) is 16.9 Å². The fourth-order valence-electron chi connectivity index (χ4n) is 1.83. The number of nitriles is 1. The molecule has 0 fully saturated rings. The highest BCUT2D eigenvalue weighted by atomic mass is 19.4. The van der Waals surface area contributed by atoms with Gasteiger partial charge in [-0.2, -0.15) is 18.4 Å². The molecule has 2 aromatic carbocycles. The summed E-state index contributed by atoms with van der Waals surface area (Å²) in [7, 11) is 0. The third kappa shape index (κ3) is 3.76. The third-order valence-electron chi connectivity index (χ3n) is 2.98. The van der Waals surface area contributed by atoms with E-state index in [0.717, 1.165) is 17.7 Å². The van der Waals surface area contributed by atoms with E-state index in [1.165, 1.54) is 12.1 Å². The normalized spacial score (nSPS) is 11.0. The van der Waals surface area contributed by atoms with Gasteiger partial charge in [0.05, 0.1) is 17.2 Å². The SMILES string of the molecule is Cc1cc(C#N)ccc1OCc1ccc(C(F)(F)F)cc1. The molecule has 108 valence electrons. The second-order valence-corrected chi connectivity index (χ2v) is 4.58. The van der Waals surface area contributed by atoms with Gasteiger partial charge in [-0.1, -0.05) is 12.1 Å². The molecule has 0 saturated carbocycles. The number of nitrogens with zero attached hydrogens (tertiary/aromatic N) is 1. The molecule has 0 atom stereocenters. The maximum absolute atomic E-state index is 12.4. The first-order valence-electron chi connectivity index (χ1n) is 6.20. The van der Waals surface area contributed by atoms with Gasteiger partial charge in [0.2, 0.25) is 0 Å². The molecular formula is C16H12F3NO. The van der Waals surface area contributed by atoms with Crippen LogP contribution in [0.4, 0.5) is 13.2 Å². The standard InChI is InChI=1S/C16H12F3NO/c1-11-8-13(9-20)4-7-15(11)21-10-12-2-5-14(6-3-12)16(17,18)19/h2-8H,10H2,1H3. The third-order valence-corrected chi connectivity index (χ3v) is 2.98. The smallest absolute Gasteiger partial charge is 0.416 e. The van der Waals surface area contributed by atoms with Crippen LogP contribution in [0.25, 0.3) is 0 Å². The molecule has 0 N–H and O–H groups in total. The number of benzene rings is 2. The molecule has 0 spiro atoms. The summed E-state index contributed by atoms with van der Waals surface area (Å²) >= 11 is 0. The van der Waals surface area contributed by atoms with Gasteiger partial charge in [-0.25, -0.2) is 0 Å². The van der Waals surface area contributed by atoms with E-state index in [1.54, 1.807) is 18.2 Å². The van der Waals surface area contributed by atoms with Crippen molar-refractivity contribution in [3.05, 3.63) is 64.7 Å². The monoisotopic (exact) mass is 291 g/mol. The van der Waals surface area contributed by atoms with Crippen molar-refractivity contribution in [1.82, 2.24) is 0 Å². The lowest BCUT2D eigenvalue weighted by Crippen LogP contribution is -2.05. The molecular weight excluding hydrogens is 279 g/mol. The van der Waals surface area contributed by atoms with Gasteiger partial charge in [-0.3, -0.25) is 0 Å². The molecule has 0 amide bonds. The number of ether oxygens (including phenoxy) is 1. The van der Waals surface area contributed by atoms with E-state index in [2.05, 4.69) is 0 Å². The minimum absolute atomic E-state index is 0.172. The summed E-state index contributed by atoms with van der Waals surface area (Å²) in [5.41, 5.74) is 1.31. The highest BCUT2D eigenvalue weighted by molar-refractivity contribution is 5.41. The lowest BCUT2D eigenvalue weighted by molar-refractivity contribution is -0.137. The number of aryl methyl sites for hydroxylation is 1. The van der Waals surface area contributed by atoms with Crippen molar-refractivity contribution in [2.24, 2.45) is 0 Å². The molecule has 0 aliphatic rings. The highest BCUT2D eigenvalue weighted by Gasteiger charge is 2.29. The fourth-order valence-corrected chi connectivity index (χ4v) is 1.83. The van der Waals surface area contributed by atoms with Crippen molar-refractivity contribution in [1.29, 1.82) is 5.26 Å². The minimum Gasteiger partial charge on any atom is -0.489 e. The summed E-state index contributed by atoms with van der Waals surface area (Å²) in [5, 5.41) is 8.77. The summed E-state index contributed by atoms with van der Waals surface area (Å²) in [6, 6.07) is 11.9. The van der Waals surface area contributed by atoms with E-state index in [4.69, 9.17) is 10.00 Å². The van der Waals surface area contributed by atoms with Crippen LogP contribution in [0.1, 0.15) is 22.3 Å². The van der Waals surface area contributed by atoms with Crippen LogP contribution < -0.4 is 4.74 Å². The number of rotatable bonds is 3. The molecule has 0 unspecified atom stereocenters. The zero-order chi connectivity index (χ0) is 15.5. The maximum atomic E-state index is 12.4. The van der Waals surface area contributed by atoms with Crippen molar-refractivity contribution in [3.63, 3.8) is 0 Å². The highest BCUT2D eigenvalue weighted by Crippen LogP contribution is 2.29. The molecule has 21 heavy (non-hydrogen) atoms. The number of halogens is 3. The van der Waals surface area contributed by atoms with E-state index < -0.39 is 11.7 Å². The van der Waals surface area contributed by atoms with Crippen LogP contribution in [0.5, 0.6) is 5.75 Å². The summed E-state index contributed by atoms with van der Waals surface area (Å²) < 4.78 is 42.9. The summed E-state index contributed by atoms with van der Waals surface area (Å²) in [5.74, 6) is 0.605. The predicted molar refractivity (Wildman–Crippen MR) is 71.7 cm³/mol. The van der Waals surface area contributed by atoms with Crippen molar-refractivity contribution < 1.29 is 17.9 Å². The van der Waals surface area contributed by atoms with Crippen molar-refractivity contribution >= 4 is 0 Å². The number of hydrogen-bond acceptors (Lipinski definition) is 2. The Morgan fingerprint density at radius 2 is 1.76 bits per heavy atom. The predicted octanol–water partition coefficient (Wildman–Crippen LogP) is 4.46. The molecule has 0 heterocycles. The van der Waals surface area contributed by atoms with Crippen molar-refractivity contribution in [2.45, 2.75) is 19.7 Å². The Kier molecular flexibility index (Phi) is 4.18. The van der Waals surface area contributed by atoms with Crippen LogP contribution >= 0.6 is 0 Å². The van der Waals surface area contributed by atoms with Gasteiger partial charge in [0.25, 0.3) is 0 Å². The zero-order valence-electron chi connectivity index (χ0n) is 11.2. The van der Waals surface area contributed by atoms with Crippen LogP contribution in [-0.4, -0.2) is 0 Å². The minimum atomic E-state index is -4.33. The molecule has 2 rings (SSSR count). The largest absolute Gasteiger partial charge is 0.489 e. The lowest BCUT2D eigenvalue weighted by Gasteiger charge is -2.10. The molecule has 0 aromatic heterocycles. The quantitative estimate of drug-likeness (QED) is 0.836. The lowest BCUT2D eigenvalue weighted by atomic mass is 10.1. The Morgan fingerprint density at radius 3 is 2.29 bits per heavy atom. The number of hydrogen-bond donors (Lipinski definition) is 0. The Balaban J connectivity index is 2.05. The van der Waals surface area contributed by atoms with Crippen LogP contribution in [0.3, 0.4) is 0 Å². The average molecular weight is 291 g/mol. The molecule has 5 heteroatoms. The van der Waals surface area contributed by atoms with Crippen LogP contribution in [-0.2, 0) is 12.8 Å². The van der Waals surface area contributed by atoms with E-state index in [9.17, 15) is 13.2 Å². The van der Waals surface area contributed by atoms with Gasteiger partial charge in [0, 0.05) is 0 Å². The van der Waals surface area contributed by atoms with Gasteiger partial charge < -0.3 is 4.74 Å². The van der Waals surface area contributed by atoms with Gasteiger partial charge >= 0.3 is 6.18 Å². The first-order chi connectivity index (χ1) is 9.90. The van der Waals surface area contributed by atoms with E-state index >= 15 is 0 Å². The van der Waals surface area contributed by atoms with E-state index in [-0.39, 0.29) is 6.61 Å². The van der Waals surface area contributed by atoms with Gasteiger partial charge in [0.15, 0.2) is 0 Å². The molecule has 2 aromatic rings. The second-order valence-electron chi connectivity index (χ2n) is 4.58. The maximum Gasteiger partial charge on any atom is 0.416 e. The topological polar surface area (TPSA) is 33.0 Å². The number of alkyl halides is 3. The van der Waals surface area contributed by atoms with Crippen molar-refractivity contribution in [2.75, 3.05) is 0 Å². The molecule has 0 saturated heterocycles. The molecule has 0 radical (unpaired) electrons. The van der Waals surface area contributed by atoms with Gasteiger partial charge in [0.1, 0.15) is 12.4 Å². The summed E-state index contributed by atoms with van der Waals surface area (Å²) in [6.45, 7) is 1.98. The molecule has 0 aliphatic carbocycles. The summed E-state index contributed by atoms with van der Waals surface area (Å²) in [4.78, 5) is 0. The molecule has 2 nitrogen and oxygen atoms in total. The van der Waals surface area contributed by atoms with Gasteiger partial charge in [-0.05, 0) is 48.4 Å². The second kappa shape index (κ2) is 5.88. The Hall–Kier alpha value is -2.48. The Labute approximate surface area is 120 Å². The first-order valence-corrected chi connectivity index (χ1v) is 6.20. The van der Waals surface area contributed by atoms with E-state index in [1.807, 2.05) is 13.0 Å². The molecule has 0 bridgehead atoms. The Morgan fingerprint density at radius 1 is 1.10 bits per heavy atom. The van der Waals surface area contributed by atoms with Crippen molar-refractivity contribution in [3.8, 4) is 11.8 Å². The average Bonchev–Trinajstić information content (AvgIpc) is 2.45. The zero-order valence-corrected chi connectivity index (χ0v) is 11.2. The summed E-state index contributed by atoms with van der Waals surface area (Å²) in [6.07, 6.45) is -4.33.